The summed E-state index contributed by atoms with van der Waals surface area (Å²) in [4.78, 5) is 15.7. The van der Waals surface area contributed by atoms with Crippen molar-refractivity contribution >= 4 is 34.3 Å². The Kier molecular flexibility index (Phi) is 8.34. The van der Waals surface area contributed by atoms with Gasteiger partial charge in [0.2, 0.25) is 0 Å². The van der Waals surface area contributed by atoms with E-state index < -0.39 is 6.10 Å². The van der Waals surface area contributed by atoms with E-state index in [1.807, 2.05) is 62.5 Å². The zero-order valence-corrected chi connectivity index (χ0v) is 22.3. The maximum atomic E-state index is 13.3. The van der Waals surface area contributed by atoms with Crippen LogP contribution in [0.3, 0.4) is 0 Å². The predicted molar refractivity (Wildman–Crippen MR) is 152 cm³/mol. The number of fused-ring (bicyclic) bond motifs is 1. The summed E-state index contributed by atoms with van der Waals surface area (Å²) in [6.45, 7) is 10.5. The van der Waals surface area contributed by atoms with E-state index in [4.69, 9.17) is 4.74 Å². The number of ether oxygens (including phenoxy) is 1. The van der Waals surface area contributed by atoms with Crippen LogP contribution in [-0.4, -0.2) is 78.2 Å². The van der Waals surface area contributed by atoms with Gasteiger partial charge in [-0.05, 0) is 57.6 Å². The van der Waals surface area contributed by atoms with Crippen molar-refractivity contribution in [3.05, 3.63) is 71.4 Å². The summed E-state index contributed by atoms with van der Waals surface area (Å²) in [6, 6.07) is 15.9. The Morgan fingerprint density at radius 2 is 1.87 bits per heavy atom. The molecule has 1 unspecified atom stereocenters. The number of anilines is 1. The number of para-hydroxylation sites is 1. The zero-order chi connectivity index (χ0) is 26.5. The van der Waals surface area contributed by atoms with E-state index in [1.54, 1.807) is 0 Å². The van der Waals surface area contributed by atoms with Crippen LogP contribution in [-0.2, 0) is 16.1 Å². The number of aryl methyl sites for hydroxylation is 1. The molecular formula is C30H37N5O3. The lowest BCUT2D eigenvalue weighted by molar-refractivity contribution is -0.114. The minimum absolute atomic E-state index is 0.135. The summed E-state index contributed by atoms with van der Waals surface area (Å²) in [5.74, 6) is -0.135. The van der Waals surface area contributed by atoms with Crippen molar-refractivity contribution in [2.45, 2.75) is 32.9 Å². The second-order valence-corrected chi connectivity index (χ2v) is 10.1. The first-order valence-electron chi connectivity index (χ1n) is 13.4. The first-order valence-corrected chi connectivity index (χ1v) is 13.4. The van der Waals surface area contributed by atoms with E-state index >= 15 is 0 Å². The second-order valence-electron chi connectivity index (χ2n) is 10.1. The quantitative estimate of drug-likeness (QED) is 0.319. The van der Waals surface area contributed by atoms with Gasteiger partial charge in [0.25, 0.3) is 5.91 Å². The number of aromatic nitrogens is 1. The third-order valence-corrected chi connectivity index (χ3v) is 7.18. The van der Waals surface area contributed by atoms with Crippen molar-refractivity contribution in [2.75, 3.05) is 50.9 Å². The highest BCUT2D eigenvalue weighted by molar-refractivity contribution is 6.32. The van der Waals surface area contributed by atoms with Crippen LogP contribution in [0.1, 0.15) is 24.5 Å². The smallest absolute Gasteiger partial charge is 0.280 e. The molecule has 1 amide bonds. The summed E-state index contributed by atoms with van der Waals surface area (Å²) in [6.07, 6.45) is 4.47. The molecule has 1 atom stereocenters. The molecule has 0 spiro atoms. The number of nitrogens with zero attached hydrogens (tertiary/aromatic N) is 4. The number of hydrogen-bond acceptors (Lipinski definition) is 6. The number of rotatable bonds is 10. The van der Waals surface area contributed by atoms with Crippen LogP contribution in [0.2, 0.25) is 0 Å². The lowest BCUT2D eigenvalue weighted by Gasteiger charge is -2.26. The molecule has 2 aliphatic heterocycles. The molecule has 1 saturated heterocycles. The number of aliphatic hydroxyl groups excluding tert-OH is 1. The molecule has 1 aromatic heterocycles. The number of carbonyl (C=O) groups excluding carboxylic acids is 1. The number of benzene rings is 2. The Hall–Kier alpha value is -3.30. The summed E-state index contributed by atoms with van der Waals surface area (Å²) in [7, 11) is 0. The van der Waals surface area contributed by atoms with Gasteiger partial charge in [0, 0.05) is 48.8 Å². The highest BCUT2D eigenvalue weighted by Crippen LogP contribution is 2.28. The normalized spacial score (nSPS) is 18.5. The average Bonchev–Trinajstić information content (AvgIpc) is 3.41. The van der Waals surface area contributed by atoms with Gasteiger partial charge in [-0.25, -0.2) is 0 Å². The fraction of sp³-hybridized carbons (Fsp3) is 0.400. The minimum Gasteiger partial charge on any atom is -0.390 e. The van der Waals surface area contributed by atoms with Crippen molar-refractivity contribution < 1.29 is 14.6 Å². The Morgan fingerprint density at radius 3 is 2.66 bits per heavy atom. The Bertz CT molecular complexity index is 1320. The molecule has 200 valence electrons. The van der Waals surface area contributed by atoms with Gasteiger partial charge in [0.05, 0.1) is 36.3 Å². The van der Waals surface area contributed by atoms with Gasteiger partial charge in [0.15, 0.2) is 0 Å². The molecule has 0 radical (unpaired) electrons. The van der Waals surface area contributed by atoms with E-state index in [0.29, 0.717) is 24.4 Å². The lowest BCUT2D eigenvalue weighted by Crippen LogP contribution is -2.38. The number of aliphatic hydroxyl groups is 1. The van der Waals surface area contributed by atoms with Crippen molar-refractivity contribution in [1.82, 2.24) is 14.8 Å². The van der Waals surface area contributed by atoms with Crippen molar-refractivity contribution in [2.24, 2.45) is 5.10 Å². The van der Waals surface area contributed by atoms with Crippen LogP contribution < -0.4 is 10.3 Å². The summed E-state index contributed by atoms with van der Waals surface area (Å²) < 4.78 is 7.48. The largest absolute Gasteiger partial charge is 0.390 e. The van der Waals surface area contributed by atoms with Crippen LogP contribution in [0.25, 0.3) is 17.0 Å². The van der Waals surface area contributed by atoms with Gasteiger partial charge >= 0.3 is 0 Å². The SMILES string of the molecule is CC1=NN(c2ccc(C)cc2)C(=O)/C1=C/c1cn(CC(O)CNCCCN2CCOCC2)c2ccccc12. The van der Waals surface area contributed by atoms with Crippen LogP contribution in [0, 0.1) is 6.92 Å². The topological polar surface area (TPSA) is 82.3 Å². The number of hydrazone groups is 1. The van der Waals surface area contributed by atoms with Crippen LogP contribution in [0.5, 0.6) is 0 Å². The number of hydrogen-bond donors (Lipinski definition) is 2. The molecule has 8 nitrogen and oxygen atoms in total. The Labute approximate surface area is 224 Å². The van der Waals surface area contributed by atoms with Gasteiger partial charge < -0.3 is 19.7 Å². The fourth-order valence-electron chi connectivity index (χ4n) is 5.05. The summed E-state index contributed by atoms with van der Waals surface area (Å²) in [5.41, 5.74) is 5.13. The molecule has 5 rings (SSSR count). The molecular weight excluding hydrogens is 478 g/mol. The predicted octanol–water partition coefficient (Wildman–Crippen LogP) is 3.43. The molecule has 1 fully saturated rings. The molecule has 3 heterocycles. The molecule has 3 aromatic rings. The third kappa shape index (κ3) is 6.05. The standard InChI is InChI=1S/C30H37N5O3/c1-22-8-10-25(11-9-22)35-30(37)28(23(2)32-35)18-24-20-34(29-7-4-3-6-27(24)29)21-26(36)19-31-12-5-13-33-14-16-38-17-15-33/h3-4,6-11,18,20,26,31,36H,5,12-17,19,21H2,1-2H3/b28-18+. The van der Waals surface area contributed by atoms with Crippen LogP contribution >= 0.6 is 0 Å². The first-order chi connectivity index (χ1) is 18.5. The van der Waals surface area contributed by atoms with Gasteiger partial charge in [-0.3, -0.25) is 9.69 Å². The number of morpholine rings is 1. The second kappa shape index (κ2) is 12.0. The molecule has 38 heavy (non-hydrogen) atoms. The molecule has 2 aromatic carbocycles. The summed E-state index contributed by atoms with van der Waals surface area (Å²) in [5, 5.41) is 21.2. The first kappa shape index (κ1) is 26.3. The summed E-state index contributed by atoms with van der Waals surface area (Å²) >= 11 is 0. The average molecular weight is 516 g/mol. The fourth-order valence-corrected chi connectivity index (χ4v) is 5.05. The van der Waals surface area contributed by atoms with Crippen molar-refractivity contribution in [3.63, 3.8) is 0 Å². The molecule has 0 bridgehead atoms. The highest BCUT2D eigenvalue weighted by atomic mass is 16.5. The van der Waals surface area contributed by atoms with E-state index in [1.165, 1.54) is 5.01 Å². The van der Waals surface area contributed by atoms with E-state index in [2.05, 4.69) is 32.0 Å². The monoisotopic (exact) mass is 515 g/mol. The van der Waals surface area contributed by atoms with E-state index in [-0.39, 0.29) is 5.91 Å². The maximum Gasteiger partial charge on any atom is 0.280 e. The minimum atomic E-state index is -0.525. The van der Waals surface area contributed by atoms with Crippen LogP contribution in [0.15, 0.2) is 65.4 Å². The zero-order valence-electron chi connectivity index (χ0n) is 22.3. The van der Waals surface area contributed by atoms with Gasteiger partial charge in [-0.1, -0.05) is 35.9 Å². The lowest BCUT2D eigenvalue weighted by atomic mass is 10.1. The molecule has 2 aliphatic rings. The van der Waals surface area contributed by atoms with Gasteiger partial charge in [-0.15, -0.1) is 0 Å². The maximum absolute atomic E-state index is 13.3. The van der Waals surface area contributed by atoms with Gasteiger partial charge in [-0.2, -0.15) is 10.1 Å². The molecule has 8 heteroatoms. The van der Waals surface area contributed by atoms with E-state index in [0.717, 1.165) is 73.5 Å². The van der Waals surface area contributed by atoms with E-state index in [9.17, 15) is 9.90 Å². The van der Waals surface area contributed by atoms with Gasteiger partial charge in [0.1, 0.15) is 0 Å². The van der Waals surface area contributed by atoms with Crippen LogP contribution in [0.4, 0.5) is 5.69 Å². The van der Waals surface area contributed by atoms with Crippen molar-refractivity contribution in [1.29, 1.82) is 0 Å². The molecule has 2 N–H and O–H groups in total. The number of carbonyl (C=O) groups is 1. The Morgan fingerprint density at radius 1 is 1.11 bits per heavy atom. The highest BCUT2D eigenvalue weighted by Gasteiger charge is 2.29. The molecule has 0 aliphatic carbocycles. The third-order valence-electron chi connectivity index (χ3n) is 7.18. The Balaban J connectivity index is 1.24. The van der Waals surface area contributed by atoms with Crippen molar-refractivity contribution in [3.8, 4) is 0 Å². The molecule has 0 saturated carbocycles. The number of amides is 1. The number of nitrogens with one attached hydrogen (secondary N) is 1.